The van der Waals surface area contributed by atoms with E-state index in [0.717, 1.165) is 38.7 Å². The molecule has 4 rings (SSSR count). The first-order valence-corrected chi connectivity index (χ1v) is 10.7. The van der Waals surface area contributed by atoms with Crippen molar-refractivity contribution in [2.45, 2.75) is 68.3 Å². The van der Waals surface area contributed by atoms with E-state index in [4.69, 9.17) is 4.74 Å². The fourth-order valence-electron chi connectivity index (χ4n) is 4.26. The van der Waals surface area contributed by atoms with E-state index in [0.29, 0.717) is 24.5 Å². The van der Waals surface area contributed by atoms with E-state index in [1.807, 2.05) is 0 Å². The number of carbonyl (C=O) groups is 3. The summed E-state index contributed by atoms with van der Waals surface area (Å²) in [4.78, 5) is 39.0. The number of nitrogens with zero attached hydrogens (tertiary/aromatic N) is 5. The van der Waals surface area contributed by atoms with Crippen molar-refractivity contribution in [2.24, 2.45) is 0 Å². The van der Waals surface area contributed by atoms with Gasteiger partial charge in [0.15, 0.2) is 0 Å². The Bertz CT molecular complexity index is 757. The molecule has 1 unspecified atom stereocenters. The molecule has 10 nitrogen and oxygen atoms in total. The number of hydrogen-bond donors (Lipinski definition) is 1. The molecule has 1 N–H and O–H groups in total. The van der Waals surface area contributed by atoms with E-state index in [2.05, 4.69) is 20.8 Å². The second-order valence-corrected chi connectivity index (χ2v) is 8.46. The fraction of sp³-hybridized carbons (Fsp3) is 0.765. The summed E-state index contributed by atoms with van der Waals surface area (Å²) >= 11 is 1.23. The van der Waals surface area contributed by atoms with Crippen LogP contribution in [0.1, 0.15) is 44.9 Å². The minimum Gasteiger partial charge on any atom is -0.376 e. The third kappa shape index (κ3) is 3.77. The van der Waals surface area contributed by atoms with Gasteiger partial charge in [0.25, 0.3) is 5.91 Å². The molecule has 1 spiro atoms. The zero-order chi connectivity index (χ0) is 19.6. The summed E-state index contributed by atoms with van der Waals surface area (Å²) in [6, 6.07) is 0. The summed E-state index contributed by atoms with van der Waals surface area (Å²) in [6.45, 7) is 1.23. The van der Waals surface area contributed by atoms with Gasteiger partial charge in [-0.3, -0.25) is 19.7 Å². The molecule has 2 aliphatic heterocycles. The summed E-state index contributed by atoms with van der Waals surface area (Å²) < 4.78 is 7.27. The number of rotatable bonds is 5. The molecule has 2 saturated heterocycles. The Hall–Kier alpha value is -2.01. The Kier molecular flexibility index (Phi) is 5.63. The summed E-state index contributed by atoms with van der Waals surface area (Å²) in [5.41, 5.74) is -0.895. The van der Waals surface area contributed by atoms with E-state index in [-0.39, 0.29) is 30.2 Å². The van der Waals surface area contributed by atoms with Crippen LogP contribution in [0.2, 0.25) is 0 Å². The van der Waals surface area contributed by atoms with E-state index < -0.39 is 11.4 Å². The molecule has 0 aromatic carbocycles. The molecule has 0 bridgehead atoms. The number of tetrazole rings is 1. The second-order valence-electron chi connectivity index (χ2n) is 7.52. The van der Waals surface area contributed by atoms with Gasteiger partial charge in [0, 0.05) is 6.61 Å². The van der Waals surface area contributed by atoms with Gasteiger partial charge >= 0.3 is 0 Å². The van der Waals surface area contributed by atoms with Crippen LogP contribution in [0.4, 0.5) is 0 Å². The molecule has 1 saturated carbocycles. The lowest BCUT2D eigenvalue weighted by molar-refractivity contribution is -0.158. The molecule has 3 fully saturated rings. The Morgan fingerprint density at radius 3 is 2.82 bits per heavy atom. The van der Waals surface area contributed by atoms with Crippen LogP contribution in [0.15, 0.2) is 5.16 Å². The number of amides is 3. The predicted octanol–water partition coefficient (Wildman–Crippen LogP) is 0.132. The van der Waals surface area contributed by atoms with Crippen molar-refractivity contribution in [2.75, 3.05) is 18.9 Å². The molecule has 3 aliphatic rings. The van der Waals surface area contributed by atoms with E-state index in [9.17, 15) is 14.4 Å². The number of hydrogen-bond acceptors (Lipinski definition) is 8. The highest BCUT2D eigenvalue weighted by Crippen LogP contribution is 2.36. The van der Waals surface area contributed by atoms with Gasteiger partial charge in [0.05, 0.1) is 18.4 Å². The third-order valence-electron chi connectivity index (χ3n) is 5.70. The van der Waals surface area contributed by atoms with Gasteiger partial charge in [-0.15, -0.1) is 5.10 Å². The molecule has 1 aromatic rings. The molecule has 1 atom stereocenters. The van der Waals surface area contributed by atoms with Crippen molar-refractivity contribution in [1.29, 1.82) is 0 Å². The molecule has 11 heteroatoms. The van der Waals surface area contributed by atoms with Crippen LogP contribution in [0.25, 0.3) is 0 Å². The Balaban J connectivity index is 1.43. The number of piperazine rings is 1. The van der Waals surface area contributed by atoms with Gasteiger partial charge in [0.2, 0.25) is 17.0 Å². The first-order valence-electron chi connectivity index (χ1n) is 9.74. The van der Waals surface area contributed by atoms with Crippen LogP contribution in [0.5, 0.6) is 0 Å². The first kappa shape index (κ1) is 19.3. The van der Waals surface area contributed by atoms with Crippen molar-refractivity contribution in [1.82, 2.24) is 30.4 Å². The maximum Gasteiger partial charge on any atom is 0.252 e. The molecule has 0 radical (unpaired) electrons. The summed E-state index contributed by atoms with van der Waals surface area (Å²) in [7, 11) is 0. The number of imide groups is 1. The highest BCUT2D eigenvalue weighted by atomic mass is 32.2. The van der Waals surface area contributed by atoms with Crippen LogP contribution in [0.3, 0.4) is 0 Å². The lowest BCUT2D eigenvalue weighted by Crippen LogP contribution is -2.69. The van der Waals surface area contributed by atoms with E-state index in [1.165, 1.54) is 16.7 Å². The number of thioether (sulfide) groups is 1. The summed E-state index contributed by atoms with van der Waals surface area (Å²) in [5.74, 6) is -0.927. The number of carbonyl (C=O) groups excluding carboxylic acids is 3. The maximum absolute atomic E-state index is 13.0. The zero-order valence-electron chi connectivity index (χ0n) is 15.6. The van der Waals surface area contributed by atoms with Crippen LogP contribution in [0, 0.1) is 0 Å². The number of nitrogens with one attached hydrogen (secondary N) is 1. The van der Waals surface area contributed by atoms with Crippen LogP contribution in [-0.2, 0) is 25.7 Å². The highest BCUT2D eigenvalue weighted by molar-refractivity contribution is 7.99. The normalized spacial score (nSPS) is 24.6. The molecule has 28 heavy (non-hydrogen) atoms. The molecule has 1 aliphatic carbocycles. The first-order chi connectivity index (χ1) is 13.6. The van der Waals surface area contributed by atoms with Gasteiger partial charge < -0.3 is 9.64 Å². The van der Waals surface area contributed by atoms with Crippen molar-refractivity contribution < 1.29 is 19.1 Å². The van der Waals surface area contributed by atoms with Crippen LogP contribution < -0.4 is 5.32 Å². The number of ether oxygens (including phenoxy) is 1. The Morgan fingerprint density at radius 1 is 1.25 bits per heavy atom. The lowest BCUT2D eigenvalue weighted by Gasteiger charge is -2.47. The monoisotopic (exact) mass is 408 g/mol. The van der Waals surface area contributed by atoms with Gasteiger partial charge in [-0.1, -0.05) is 31.0 Å². The van der Waals surface area contributed by atoms with Crippen molar-refractivity contribution in [3.05, 3.63) is 0 Å². The van der Waals surface area contributed by atoms with Gasteiger partial charge in [-0.05, 0) is 36.1 Å². The topological polar surface area (TPSA) is 119 Å². The zero-order valence-corrected chi connectivity index (χ0v) is 16.4. The van der Waals surface area contributed by atoms with Crippen molar-refractivity contribution in [3.8, 4) is 0 Å². The SMILES string of the molecule is O=C1CN(C(=O)CSc2nnnn2CC2CCCO2)C2(CCCCC2)C(=O)N1. The average molecular weight is 408 g/mol. The summed E-state index contributed by atoms with van der Waals surface area (Å²) in [6.07, 6.45) is 6.07. The minimum absolute atomic E-state index is 0.0774. The van der Waals surface area contributed by atoms with Gasteiger partial charge in [0.1, 0.15) is 12.1 Å². The molecule has 3 heterocycles. The van der Waals surface area contributed by atoms with E-state index >= 15 is 0 Å². The largest absolute Gasteiger partial charge is 0.376 e. The Morgan fingerprint density at radius 2 is 2.07 bits per heavy atom. The van der Waals surface area contributed by atoms with Gasteiger partial charge in [-0.25, -0.2) is 4.68 Å². The van der Waals surface area contributed by atoms with Crippen LogP contribution in [-0.4, -0.2) is 73.4 Å². The molecule has 1 aromatic heterocycles. The molecule has 152 valence electrons. The third-order valence-corrected chi connectivity index (χ3v) is 6.64. The fourth-order valence-corrected chi connectivity index (χ4v) is 5.02. The minimum atomic E-state index is -0.895. The summed E-state index contributed by atoms with van der Waals surface area (Å²) in [5, 5.41) is 14.6. The van der Waals surface area contributed by atoms with Gasteiger partial charge in [-0.2, -0.15) is 0 Å². The van der Waals surface area contributed by atoms with Crippen molar-refractivity contribution in [3.63, 3.8) is 0 Å². The van der Waals surface area contributed by atoms with Crippen molar-refractivity contribution >= 4 is 29.5 Å². The second kappa shape index (κ2) is 8.16. The molecular weight excluding hydrogens is 384 g/mol. The Labute approximate surface area is 166 Å². The number of aromatic nitrogens is 4. The standard InChI is InChI=1S/C17H24N6O4S/c24-13-10-22(17(15(26)18-13)6-2-1-3-7-17)14(25)11-28-16-19-20-21-23(16)9-12-5-4-8-27-12/h12H,1-11H2,(H,18,24,26). The molecule has 3 amide bonds. The average Bonchev–Trinajstić information content (AvgIpc) is 3.36. The van der Waals surface area contributed by atoms with Crippen LogP contribution >= 0.6 is 11.8 Å². The van der Waals surface area contributed by atoms with E-state index in [1.54, 1.807) is 4.68 Å². The highest BCUT2D eigenvalue weighted by Gasteiger charge is 2.50. The predicted molar refractivity (Wildman–Crippen MR) is 98.2 cm³/mol. The maximum atomic E-state index is 13.0. The quantitative estimate of drug-likeness (QED) is 0.539. The lowest BCUT2D eigenvalue weighted by atomic mass is 9.78. The smallest absolute Gasteiger partial charge is 0.252 e. The molecular formula is C17H24N6O4S.